The lowest BCUT2D eigenvalue weighted by Gasteiger charge is -2.38. The molecule has 1 aliphatic carbocycles. The summed E-state index contributed by atoms with van der Waals surface area (Å²) in [5.74, 6) is 1.02. The highest BCUT2D eigenvalue weighted by molar-refractivity contribution is 5.02. The Morgan fingerprint density at radius 2 is 2.42 bits per heavy atom. The second kappa shape index (κ2) is 5.90. The number of fused-ring (bicyclic) bond motifs is 1. The molecule has 3 rings (SSSR count). The van der Waals surface area contributed by atoms with Gasteiger partial charge in [-0.3, -0.25) is 4.90 Å². The zero-order valence-electron chi connectivity index (χ0n) is 11.2. The van der Waals surface area contributed by atoms with Crippen molar-refractivity contribution in [1.29, 1.82) is 0 Å². The molecule has 4 nitrogen and oxygen atoms in total. The van der Waals surface area contributed by atoms with Crippen LogP contribution in [0.1, 0.15) is 18.6 Å². The van der Waals surface area contributed by atoms with Crippen LogP contribution in [0.2, 0.25) is 0 Å². The molecule has 0 amide bonds. The second-order valence-corrected chi connectivity index (χ2v) is 5.19. The lowest BCUT2D eigenvalue weighted by atomic mass is 10.1. The molecule has 0 aromatic carbocycles. The van der Waals surface area contributed by atoms with Crippen LogP contribution in [0.5, 0.6) is 0 Å². The van der Waals surface area contributed by atoms with E-state index in [1.807, 2.05) is 12.1 Å². The van der Waals surface area contributed by atoms with E-state index in [1.165, 1.54) is 0 Å². The Morgan fingerprint density at radius 3 is 3.21 bits per heavy atom. The maximum absolute atomic E-state index is 5.93. The van der Waals surface area contributed by atoms with Gasteiger partial charge in [0, 0.05) is 12.6 Å². The van der Waals surface area contributed by atoms with E-state index in [-0.39, 0.29) is 12.2 Å². The third-order valence-electron chi connectivity index (χ3n) is 4.02. The summed E-state index contributed by atoms with van der Waals surface area (Å²) < 4.78 is 17.2. The van der Waals surface area contributed by atoms with Crippen molar-refractivity contribution < 1.29 is 13.9 Å². The quantitative estimate of drug-likeness (QED) is 0.763. The van der Waals surface area contributed by atoms with E-state index in [9.17, 15) is 0 Å². The topological polar surface area (TPSA) is 34.8 Å². The Balaban J connectivity index is 1.63. The Kier molecular flexibility index (Phi) is 4.01. The summed E-state index contributed by atoms with van der Waals surface area (Å²) in [6.07, 6.45) is 6.14. The first-order valence-corrected chi connectivity index (χ1v) is 6.99. The lowest BCUT2D eigenvalue weighted by Crippen LogP contribution is -2.51. The number of nitrogens with zero attached hydrogens (tertiary/aromatic N) is 1. The van der Waals surface area contributed by atoms with E-state index in [4.69, 9.17) is 13.9 Å². The highest BCUT2D eigenvalue weighted by Gasteiger charge is 2.43. The molecule has 0 N–H and O–H groups in total. The van der Waals surface area contributed by atoms with Gasteiger partial charge < -0.3 is 13.9 Å². The van der Waals surface area contributed by atoms with Crippen molar-refractivity contribution in [3.05, 3.63) is 36.8 Å². The Hall–Kier alpha value is -1.10. The number of rotatable bonds is 5. The molecule has 1 saturated carbocycles. The van der Waals surface area contributed by atoms with Crippen molar-refractivity contribution in [2.75, 3.05) is 19.8 Å². The summed E-state index contributed by atoms with van der Waals surface area (Å²) in [7, 11) is 0. The fourth-order valence-corrected chi connectivity index (χ4v) is 3.16. The minimum absolute atomic E-state index is 0.198. The molecule has 19 heavy (non-hydrogen) atoms. The van der Waals surface area contributed by atoms with Crippen molar-refractivity contribution in [2.45, 2.75) is 37.6 Å². The number of furan rings is 1. The molecule has 104 valence electrons. The molecular weight excluding hydrogens is 242 g/mol. The van der Waals surface area contributed by atoms with Crippen molar-refractivity contribution in [1.82, 2.24) is 4.90 Å². The van der Waals surface area contributed by atoms with E-state index in [0.29, 0.717) is 12.6 Å². The van der Waals surface area contributed by atoms with Gasteiger partial charge in [-0.25, -0.2) is 0 Å². The van der Waals surface area contributed by atoms with Crippen molar-refractivity contribution in [3.8, 4) is 0 Å². The summed E-state index contributed by atoms with van der Waals surface area (Å²) in [6, 6.07) is 4.43. The van der Waals surface area contributed by atoms with Crippen LogP contribution in [0.25, 0.3) is 0 Å². The molecule has 0 unspecified atom stereocenters. The van der Waals surface area contributed by atoms with Crippen molar-refractivity contribution in [3.63, 3.8) is 0 Å². The standard InChI is InChI=1S/C15H21NO3/c1-2-8-18-14-6-5-13-15(14)19-10-7-16(13)11-12-4-3-9-17-12/h2-4,9,13-15H,1,5-8,10-11H2/t13-,14-,15-/m1/s1. The van der Waals surface area contributed by atoms with Crippen LogP contribution in [0, 0.1) is 0 Å². The Labute approximate surface area is 114 Å². The maximum atomic E-state index is 5.93. The van der Waals surface area contributed by atoms with Crippen LogP contribution in [-0.2, 0) is 16.0 Å². The molecule has 3 atom stereocenters. The highest BCUT2D eigenvalue weighted by atomic mass is 16.5. The van der Waals surface area contributed by atoms with Gasteiger partial charge in [-0.15, -0.1) is 6.58 Å². The third kappa shape index (κ3) is 2.76. The van der Waals surface area contributed by atoms with Gasteiger partial charge in [0.1, 0.15) is 5.76 Å². The maximum Gasteiger partial charge on any atom is 0.117 e. The smallest absolute Gasteiger partial charge is 0.117 e. The molecule has 2 aliphatic rings. The van der Waals surface area contributed by atoms with Crippen LogP contribution >= 0.6 is 0 Å². The van der Waals surface area contributed by atoms with Crippen LogP contribution in [-0.4, -0.2) is 42.9 Å². The number of hydrogen-bond donors (Lipinski definition) is 0. The van der Waals surface area contributed by atoms with Crippen LogP contribution < -0.4 is 0 Å². The van der Waals surface area contributed by atoms with Gasteiger partial charge in [-0.05, 0) is 25.0 Å². The molecule has 4 heteroatoms. The monoisotopic (exact) mass is 263 g/mol. The zero-order valence-corrected chi connectivity index (χ0v) is 11.2. The van der Waals surface area contributed by atoms with Gasteiger partial charge in [0.2, 0.25) is 0 Å². The predicted octanol–water partition coefficient (Wildman–Crippen LogP) is 2.21. The Morgan fingerprint density at radius 1 is 1.47 bits per heavy atom. The molecular formula is C15H21NO3. The number of ether oxygens (including phenoxy) is 2. The van der Waals surface area contributed by atoms with Crippen LogP contribution in [0.4, 0.5) is 0 Å². The minimum Gasteiger partial charge on any atom is -0.468 e. The van der Waals surface area contributed by atoms with Gasteiger partial charge in [0.15, 0.2) is 0 Å². The first-order chi connectivity index (χ1) is 9.38. The highest BCUT2D eigenvalue weighted by Crippen LogP contribution is 2.32. The van der Waals surface area contributed by atoms with Gasteiger partial charge in [0.25, 0.3) is 0 Å². The summed E-state index contributed by atoms with van der Waals surface area (Å²) >= 11 is 0. The first-order valence-electron chi connectivity index (χ1n) is 6.99. The van der Waals surface area contributed by atoms with Crippen molar-refractivity contribution in [2.24, 2.45) is 0 Å². The van der Waals surface area contributed by atoms with E-state index >= 15 is 0 Å². The summed E-state index contributed by atoms with van der Waals surface area (Å²) in [4.78, 5) is 2.46. The Bertz CT molecular complexity index is 404. The molecule has 1 aliphatic heterocycles. The summed E-state index contributed by atoms with van der Waals surface area (Å²) in [5.41, 5.74) is 0. The van der Waals surface area contributed by atoms with E-state index in [0.717, 1.165) is 38.3 Å². The van der Waals surface area contributed by atoms with E-state index in [2.05, 4.69) is 11.5 Å². The van der Waals surface area contributed by atoms with Crippen LogP contribution in [0.3, 0.4) is 0 Å². The van der Waals surface area contributed by atoms with Gasteiger partial charge in [-0.2, -0.15) is 0 Å². The number of hydrogen-bond acceptors (Lipinski definition) is 4. The second-order valence-electron chi connectivity index (χ2n) is 5.19. The molecule has 0 bridgehead atoms. The fourth-order valence-electron chi connectivity index (χ4n) is 3.16. The van der Waals surface area contributed by atoms with Crippen molar-refractivity contribution >= 4 is 0 Å². The molecule has 2 fully saturated rings. The summed E-state index contributed by atoms with van der Waals surface area (Å²) in [5, 5.41) is 0. The zero-order chi connectivity index (χ0) is 13.1. The minimum atomic E-state index is 0.198. The van der Waals surface area contributed by atoms with Crippen LogP contribution in [0.15, 0.2) is 35.5 Å². The normalized spacial score (nSPS) is 31.3. The molecule has 0 radical (unpaired) electrons. The average Bonchev–Trinajstić information content (AvgIpc) is 3.06. The van der Waals surface area contributed by atoms with E-state index < -0.39 is 0 Å². The molecule has 2 heterocycles. The molecule has 1 aromatic rings. The van der Waals surface area contributed by atoms with E-state index in [1.54, 1.807) is 12.3 Å². The fraction of sp³-hybridized carbons (Fsp3) is 0.600. The lowest BCUT2D eigenvalue weighted by molar-refractivity contribution is -0.112. The molecule has 0 spiro atoms. The average molecular weight is 263 g/mol. The molecule has 1 saturated heterocycles. The largest absolute Gasteiger partial charge is 0.468 e. The third-order valence-corrected chi connectivity index (χ3v) is 4.02. The van der Waals surface area contributed by atoms with Gasteiger partial charge in [0.05, 0.1) is 38.2 Å². The first kappa shape index (κ1) is 12.9. The predicted molar refractivity (Wildman–Crippen MR) is 71.8 cm³/mol. The molecule has 1 aromatic heterocycles. The summed E-state index contributed by atoms with van der Waals surface area (Å²) in [6.45, 7) is 6.92. The van der Waals surface area contributed by atoms with Gasteiger partial charge in [-0.1, -0.05) is 6.08 Å². The van der Waals surface area contributed by atoms with Gasteiger partial charge >= 0.3 is 0 Å². The SMILES string of the molecule is C=CCO[C@@H]1CC[C@@H]2[C@H]1OCCN2Cc1ccco1. The number of morpholine rings is 1.